The predicted octanol–water partition coefficient (Wildman–Crippen LogP) is 4.30. The Morgan fingerprint density at radius 3 is 2.19 bits per heavy atom. The minimum Gasteiger partial charge on any atom is -0.216 e. The lowest BCUT2D eigenvalue weighted by atomic mass is 10.3. The first-order valence-corrected chi connectivity index (χ1v) is 6.41. The van der Waals surface area contributed by atoms with E-state index in [0.29, 0.717) is 0 Å². The van der Waals surface area contributed by atoms with Crippen molar-refractivity contribution in [1.82, 2.24) is 0 Å². The van der Waals surface area contributed by atoms with Crippen LogP contribution in [0.5, 0.6) is 0 Å². The van der Waals surface area contributed by atoms with E-state index in [0.717, 1.165) is 6.07 Å². The molecule has 1 aromatic carbocycles. The van der Waals surface area contributed by atoms with Crippen LogP contribution < -0.4 is 0 Å². The maximum absolute atomic E-state index is 11.4. The standard InChI is InChI=1S/C6HCl4N3O2S/c7-2-1-3(16(14,15)13-12-11)5(9)6(10)4(2)8/h1H. The number of hydrogen-bond acceptors (Lipinski definition) is 2. The fourth-order valence-electron chi connectivity index (χ4n) is 0.831. The minimum atomic E-state index is -4.25. The van der Waals surface area contributed by atoms with Crippen LogP contribution in [0.3, 0.4) is 0 Å². The Labute approximate surface area is 111 Å². The van der Waals surface area contributed by atoms with Gasteiger partial charge in [0.1, 0.15) is 0 Å². The molecule has 5 nitrogen and oxygen atoms in total. The van der Waals surface area contributed by atoms with Gasteiger partial charge in [-0.15, -0.1) is 0 Å². The van der Waals surface area contributed by atoms with Gasteiger partial charge in [-0.05, 0) is 11.6 Å². The number of hydrogen-bond donors (Lipinski definition) is 0. The molecule has 0 bridgehead atoms. The van der Waals surface area contributed by atoms with Gasteiger partial charge in [-0.25, -0.2) is 8.42 Å². The van der Waals surface area contributed by atoms with E-state index in [2.05, 4.69) is 9.43 Å². The molecule has 0 amide bonds. The lowest BCUT2D eigenvalue weighted by Gasteiger charge is -2.06. The molecule has 0 aliphatic heterocycles. The third-order valence-electron chi connectivity index (χ3n) is 1.49. The van der Waals surface area contributed by atoms with Crippen LogP contribution in [-0.2, 0) is 10.0 Å². The Hall–Kier alpha value is -0.360. The third kappa shape index (κ3) is 2.48. The van der Waals surface area contributed by atoms with Gasteiger partial charge >= 0.3 is 0 Å². The first-order chi connectivity index (χ1) is 7.31. The zero-order valence-electron chi connectivity index (χ0n) is 7.16. The summed E-state index contributed by atoms with van der Waals surface area (Å²) in [7, 11) is -4.25. The second-order valence-electron chi connectivity index (χ2n) is 2.44. The average molecular weight is 321 g/mol. The highest BCUT2D eigenvalue weighted by molar-refractivity contribution is 7.90. The normalized spacial score (nSPS) is 11.0. The van der Waals surface area contributed by atoms with Gasteiger partial charge in [0.15, 0.2) is 0 Å². The Morgan fingerprint density at radius 2 is 1.69 bits per heavy atom. The fourth-order valence-corrected chi connectivity index (χ4v) is 2.83. The number of nitrogens with zero attached hydrogens (tertiary/aromatic N) is 3. The summed E-state index contributed by atoms with van der Waals surface area (Å²) in [5.41, 5.74) is 8.09. The van der Waals surface area contributed by atoms with E-state index in [9.17, 15) is 8.42 Å². The van der Waals surface area contributed by atoms with E-state index < -0.39 is 14.9 Å². The molecule has 0 fully saturated rings. The largest absolute Gasteiger partial charge is 0.265 e. The van der Waals surface area contributed by atoms with E-state index >= 15 is 0 Å². The Morgan fingerprint density at radius 1 is 1.12 bits per heavy atom. The van der Waals surface area contributed by atoms with Gasteiger partial charge in [0.2, 0.25) is 0 Å². The molecule has 0 radical (unpaired) electrons. The smallest absolute Gasteiger partial charge is 0.216 e. The van der Waals surface area contributed by atoms with Crippen LogP contribution in [0.2, 0.25) is 20.1 Å². The fraction of sp³-hybridized carbons (Fsp3) is 0. The summed E-state index contributed by atoms with van der Waals surface area (Å²) in [6.45, 7) is 0. The molecule has 10 heteroatoms. The molecular formula is C6HCl4N3O2S. The average Bonchev–Trinajstić information content (AvgIpc) is 2.20. The highest BCUT2D eigenvalue weighted by atomic mass is 35.5. The summed E-state index contributed by atoms with van der Waals surface area (Å²) < 4.78 is 25.4. The highest BCUT2D eigenvalue weighted by Gasteiger charge is 2.22. The first kappa shape index (κ1) is 13.7. The molecule has 0 saturated heterocycles. The molecule has 86 valence electrons. The minimum absolute atomic E-state index is 0.0757. The van der Waals surface area contributed by atoms with Crippen LogP contribution in [0.1, 0.15) is 0 Å². The molecule has 0 N–H and O–H groups in total. The molecule has 1 rings (SSSR count). The molecule has 1 aromatic rings. The SMILES string of the molecule is [N-]=[N+]=NS(=O)(=O)c1cc(Cl)c(Cl)c(Cl)c1Cl. The van der Waals surface area contributed by atoms with Crippen molar-refractivity contribution in [1.29, 1.82) is 0 Å². The second kappa shape index (κ2) is 4.87. The maximum atomic E-state index is 11.4. The summed E-state index contributed by atoms with van der Waals surface area (Å²) in [6.07, 6.45) is 0. The van der Waals surface area contributed by atoms with Gasteiger partial charge in [-0.2, -0.15) is 0 Å². The van der Waals surface area contributed by atoms with Gasteiger partial charge in [0.05, 0.1) is 25.0 Å². The van der Waals surface area contributed by atoms with E-state index in [4.69, 9.17) is 51.9 Å². The van der Waals surface area contributed by atoms with E-state index in [1.54, 1.807) is 0 Å². The van der Waals surface area contributed by atoms with Crippen molar-refractivity contribution in [3.63, 3.8) is 0 Å². The highest BCUT2D eigenvalue weighted by Crippen LogP contribution is 2.40. The summed E-state index contributed by atoms with van der Waals surface area (Å²) in [6, 6.07) is 0.960. The summed E-state index contributed by atoms with van der Waals surface area (Å²) in [5.74, 6) is 0. The molecule has 0 aromatic heterocycles. The first-order valence-electron chi connectivity index (χ1n) is 3.45. The number of sulfonamides is 1. The molecule has 0 saturated carbocycles. The number of rotatable bonds is 2. The van der Waals surface area contributed by atoms with Gasteiger partial charge in [0, 0.05) is 9.43 Å². The lowest BCUT2D eigenvalue weighted by Crippen LogP contribution is -1.97. The van der Waals surface area contributed by atoms with Crippen molar-refractivity contribution in [2.75, 3.05) is 0 Å². The number of halogens is 4. The molecule has 0 spiro atoms. The van der Waals surface area contributed by atoms with E-state index in [-0.39, 0.29) is 20.1 Å². The zero-order valence-corrected chi connectivity index (χ0v) is 11.0. The van der Waals surface area contributed by atoms with E-state index in [1.165, 1.54) is 0 Å². The summed E-state index contributed by atoms with van der Waals surface area (Å²) in [5, 5.41) is -0.748. The van der Waals surface area contributed by atoms with Crippen LogP contribution in [0.4, 0.5) is 0 Å². The topological polar surface area (TPSA) is 82.9 Å². The molecule has 0 heterocycles. The Kier molecular flexibility index (Phi) is 4.17. The predicted molar refractivity (Wildman–Crippen MR) is 62.8 cm³/mol. The molecule has 0 aliphatic rings. The number of azide groups is 1. The van der Waals surface area contributed by atoms with E-state index in [1.807, 2.05) is 0 Å². The number of benzene rings is 1. The zero-order chi connectivity index (χ0) is 12.5. The van der Waals surface area contributed by atoms with Crippen molar-refractivity contribution in [2.24, 2.45) is 4.52 Å². The third-order valence-corrected chi connectivity index (χ3v) is 4.52. The van der Waals surface area contributed by atoms with Crippen LogP contribution >= 0.6 is 46.4 Å². The summed E-state index contributed by atoms with van der Waals surface area (Å²) >= 11 is 22.6. The van der Waals surface area contributed by atoms with Crippen molar-refractivity contribution >= 4 is 56.4 Å². The molecule has 0 atom stereocenters. The van der Waals surface area contributed by atoms with Crippen LogP contribution in [0.25, 0.3) is 10.4 Å². The van der Waals surface area contributed by atoms with Crippen LogP contribution in [-0.4, -0.2) is 8.42 Å². The molecule has 0 unspecified atom stereocenters. The Bertz CT molecular complexity index is 594. The van der Waals surface area contributed by atoms with Crippen molar-refractivity contribution in [2.45, 2.75) is 4.90 Å². The maximum Gasteiger partial charge on any atom is 0.265 e. The van der Waals surface area contributed by atoms with Crippen molar-refractivity contribution in [3.8, 4) is 0 Å². The van der Waals surface area contributed by atoms with Gasteiger partial charge in [0.25, 0.3) is 10.0 Å². The molecule has 16 heavy (non-hydrogen) atoms. The monoisotopic (exact) mass is 319 g/mol. The quantitative estimate of drug-likeness (QED) is 0.267. The van der Waals surface area contributed by atoms with Crippen molar-refractivity contribution < 1.29 is 8.42 Å². The van der Waals surface area contributed by atoms with Gasteiger partial charge < -0.3 is 0 Å². The van der Waals surface area contributed by atoms with Crippen LogP contribution in [0.15, 0.2) is 15.5 Å². The Balaban J connectivity index is 3.67. The molecular weight excluding hydrogens is 320 g/mol. The van der Waals surface area contributed by atoms with Crippen LogP contribution in [0, 0.1) is 0 Å². The van der Waals surface area contributed by atoms with Gasteiger partial charge in [-0.3, -0.25) is 0 Å². The lowest BCUT2D eigenvalue weighted by molar-refractivity contribution is 0.597. The summed E-state index contributed by atoms with van der Waals surface area (Å²) in [4.78, 5) is 1.67. The molecule has 0 aliphatic carbocycles. The van der Waals surface area contributed by atoms with Crippen molar-refractivity contribution in [3.05, 3.63) is 36.6 Å². The second-order valence-corrected chi connectivity index (χ2v) is 5.54. The van der Waals surface area contributed by atoms with Gasteiger partial charge in [-0.1, -0.05) is 46.4 Å².